The van der Waals surface area contributed by atoms with E-state index in [0.29, 0.717) is 6.04 Å². The van der Waals surface area contributed by atoms with E-state index in [4.69, 9.17) is 0 Å². The van der Waals surface area contributed by atoms with E-state index < -0.39 is 0 Å². The highest BCUT2D eigenvalue weighted by Crippen LogP contribution is 2.29. The molecule has 0 bridgehead atoms. The van der Waals surface area contributed by atoms with E-state index in [0.717, 1.165) is 23.9 Å². The van der Waals surface area contributed by atoms with Crippen LogP contribution < -0.4 is 5.32 Å². The maximum atomic E-state index is 3.99. The van der Waals surface area contributed by atoms with Gasteiger partial charge in [0.2, 0.25) is 0 Å². The Bertz CT molecular complexity index is 254. The minimum absolute atomic E-state index is 0.716. The van der Waals surface area contributed by atoms with Gasteiger partial charge in [-0.15, -0.1) is 0 Å². The molecule has 1 N–H and O–H groups in total. The molecule has 1 saturated carbocycles. The van der Waals surface area contributed by atoms with Crippen molar-refractivity contribution in [2.75, 3.05) is 13.1 Å². The van der Waals surface area contributed by atoms with Crippen molar-refractivity contribution in [1.82, 2.24) is 10.2 Å². The van der Waals surface area contributed by atoms with Gasteiger partial charge in [-0.3, -0.25) is 0 Å². The Morgan fingerprint density at radius 2 is 1.58 bits per heavy atom. The molecule has 1 aliphatic carbocycles. The molecule has 2 heteroatoms. The predicted octanol–water partition coefficient (Wildman–Crippen LogP) is 3.66. The van der Waals surface area contributed by atoms with Gasteiger partial charge in [0.1, 0.15) is 0 Å². The molecule has 2 fully saturated rings. The molecule has 3 atom stereocenters. The van der Waals surface area contributed by atoms with Crippen molar-refractivity contribution in [2.45, 2.75) is 84.3 Å². The first-order valence-corrected chi connectivity index (χ1v) is 8.54. The van der Waals surface area contributed by atoms with Crippen LogP contribution >= 0.6 is 0 Å². The summed E-state index contributed by atoms with van der Waals surface area (Å²) in [5.41, 5.74) is 0. The Morgan fingerprint density at radius 3 is 2.21 bits per heavy atom. The molecule has 3 unspecified atom stereocenters. The minimum Gasteiger partial charge on any atom is -0.311 e. The number of likely N-dealkylation sites (tertiary alicyclic amines) is 1. The van der Waals surface area contributed by atoms with Gasteiger partial charge in [-0.05, 0) is 77.3 Å². The van der Waals surface area contributed by atoms with Crippen LogP contribution in [-0.4, -0.2) is 36.1 Å². The van der Waals surface area contributed by atoms with Crippen LogP contribution in [0.15, 0.2) is 0 Å². The fourth-order valence-corrected chi connectivity index (χ4v) is 4.22. The number of rotatable bonds is 3. The molecule has 1 aliphatic heterocycles. The summed E-state index contributed by atoms with van der Waals surface area (Å²) in [6, 6.07) is 2.27. The van der Waals surface area contributed by atoms with Crippen LogP contribution in [-0.2, 0) is 0 Å². The molecular weight excluding hydrogens is 232 g/mol. The summed E-state index contributed by atoms with van der Waals surface area (Å²) in [5.74, 6) is 1.83. The van der Waals surface area contributed by atoms with Gasteiger partial charge in [0.15, 0.2) is 0 Å². The van der Waals surface area contributed by atoms with Crippen molar-refractivity contribution in [3.63, 3.8) is 0 Å². The molecular formula is C17H34N2. The summed E-state index contributed by atoms with van der Waals surface area (Å²) in [6.45, 7) is 12.1. The third-order valence-corrected chi connectivity index (χ3v) is 5.14. The summed E-state index contributed by atoms with van der Waals surface area (Å²) >= 11 is 0. The number of hydrogen-bond donors (Lipinski definition) is 1. The highest BCUT2D eigenvalue weighted by atomic mass is 15.1. The van der Waals surface area contributed by atoms with Crippen molar-refractivity contribution in [3.8, 4) is 0 Å². The molecule has 0 aromatic rings. The van der Waals surface area contributed by atoms with E-state index in [1.165, 1.54) is 51.6 Å². The summed E-state index contributed by atoms with van der Waals surface area (Å²) in [6.07, 6.45) is 8.32. The summed E-state index contributed by atoms with van der Waals surface area (Å²) < 4.78 is 0. The second-order valence-corrected chi connectivity index (χ2v) is 7.54. The van der Waals surface area contributed by atoms with E-state index in [2.05, 4.69) is 37.9 Å². The van der Waals surface area contributed by atoms with Gasteiger partial charge < -0.3 is 10.2 Å². The van der Waals surface area contributed by atoms with Crippen LogP contribution in [0.1, 0.15) is 66.2 Å². The van der Waals surface area contributed by atoms with Crippen LogP contribution in [0, 0.1) is 11.8 Å². The molecule has 0 aromatic carbocycles. The fraction of sp³-hybridized carbons (Fsp3) is 1.00. The van der Waals surface area contributed by atoms with Gasteiger partial charge in [0.25, 0.3) is 0 Å². The normalized spacial score (nSPS) is 38.4. The Kier molecular flexibility index (Phi) is 5.70. The van der Waals surface area contributed by atoms with E-state index in [9.17, 15) is 0 Å². The lowest BCUT2D eigenvalue weighted by Crippen LogP contribution is -2.43. The summed E-state index contributed by atoms with van der Waals surface area (Å²) in [4.78, 5) is 2.65. The minimum atomic E-state index is 0.716. The zero-order valence-corrected chi connectivity index (χ0v) is 13.5. The second-order valence-electron chi connectivity index (χ2n) is 7.54. The lowest BCUT2D eigenvalue weighted by Gasteiger charge is -2.34. The average Bonchev–Trinajstić information content (AvgIpc) is 2.53. The predicted molar refractivity (Wildman–Crippen MR) is 83.5 cm³/mol. The first-order chi connectivity index (χ1) is 9.04. The monoisotopic (exact) mass is 266 g/mol. The molecule has 0 radical (unpaired) electrons. The van der Waals surface area contributed by atoms with Crippen molar-refractivity contribution >= 4 is 0 Å². The van der Waals surface area contributed by atoms with Crippen LogP contribution in [0.5, 0.6) is 0 Å². The summed E-state index contributed by atoms with van der Waals surface area (Å²) in [7, 11) is 0. The maximum absolute atomic E-state index is 3.99. The molecule has 0 aromatic heterocycles. The van der Waals surface area contributed by atoms with Gasteiger partial charge in [0.05, 0.1) is 0 Å². The van der Waals surface area contributed by atoms with Crippen molar-refractivity contribution in [1.29, 1.82) is 0 Å². The number of nitrogens with zero attached hydrogens (tertiary/aromatic N) is 1. The average molecular weight is 266 g/mol. The highest BCUT2D eigenvalue weighted by Gasteiger charge is 2.26. The van der Waals surface area contributed by atoms with E-state index >= 15 is 0 Å². The third kappa shape index (κ3) is 4.75. The Labute approximate surface area is 120 Å². The fourth-order valence-electron chi connectivity index (χ4n) is 4.22. The third-order valence-electron chi connectivity index (χ3n) is 5.14. The quantitative estimate of drug-likeness (QED) is 0.838. The molecule has 0 amide bonds. The van der Waals surface area contributed by atoms with E-state index in [1.807, 2.05) is 0 Å². The van der Waals surface area contributed by atoms with Crippen LogP contribution in [0.2, 0.25) is 0 Å². The topological polar surface area (TPSA) is 15.3 Å². The highest BCUT2D eigenvalue weighted by molar-refractivity contribution is 4.84. The van der Waals surface area contributed by atoms with E-state index in [-0.39, 0.29) is 0 Å². The van der Waals surface area contributed by atoms with Gasteiger partial charge in [-0.25, -0.2) is 0 Å². The SMILES string of the molecule is CC1CC(C)CC(NC2CCCN(C(C)C)CC2)C1. The van der Waals surface area contributed by atoms with E-state index in [1.54, 1.807) is 0 Å². The van der Waals surface area contributed by atoms with Crippen LogP contribution in [0.25, 0.3) is 0 Å². The molecule has 19 heavy (non-hydrogen) atoms. The molecule has 112 valence electrons. The zero-order chi connectivity index (χ0) is 13.8. The maximum Gasteiger partial charge on any atom is 0.00823 e. The largest absolute Gasteiger partial charge is 0.311 e. The smallest absolute Gasteiger partial charge is 0.00823 e. The first-order valence-electron chi connectivity index (χ1n) is 8.54. The van der Waals surface area contributed by atoms with Crippen LogP contribution in [0.3, 0.4) is 0 Å². The first kappa shape index (κ1) is 15.3. The van der Waals surface area contributed by atoms with Gasteiger partial charge in [-0.1, -0.05) is 13.8 Å². The van der Waals surface area contributed by atoms with Gasteiger partial charge in [0, 0.05) is 18.1 Å². The molecule has 2 rings (SSSR count). The van der Waals surface area contributed by atoms with Crippen molar-refractivity contribution < 1.29 is 0 Å². The Morgan fingerprint density at radius 1 is 0.895 bits per heavy atom. The Balaban J connectivity index is 1.79. The zero-order valence-electron chi connectivity index (χ0n) is 13.5. The van der Waals surface area contributed by atoms with Crippen LogP contribution in [0.4, 0.5) is 0 Å². The Hall–Kier alpha value is -0.0800. The molecule has 2 nitrogen and oxygen atoms in total. The van der Waals surface area contributed by atoms with Gasteiger partial charge in [-0.2, -0.15) is 0 Å². The molecule has 2 aliphatic rings. The molecule has 0 spiro atoms. The standard InChI is InChI=1S/C17H34N2/c1-13(2)19-8-5-6-16(7-9-19)18-17-11-14(3)10-15(4)12-17/h13-18H,5-12H2,1-4H3. The van der Waals surface area contributed by atoms with Crippen molar-refractivity contribution in [3.05, 3.63) is 0 Å². The summed E-state index contributed by atoms with van der Waals surface area (Å²) in [5, 5.41) is 3.99. The number of nitrogens with one attached hydrogen (secondary N) is 1. The second kappa shape index (κ2) is 7.08. The molecule has 1 heterocycles. The number of hydrogen-bond acceptors (Lipinski definition) is 2. The van der Waals surface area contributed by atoms with Gasteiger partial charge >= 0.3 is 0 Å². The lowest BCUT2D eigenvalue weighted by molar-refractivity contribution is 0.211. The molecule has 1 saturated heterocycles. The van der Waals surface area contributed by atoms with Crippen molar-refractivity contribution in [2.24, 2.45) is 11.8 Å². The lowest BCUT2D eigenvalue weighted by atomic mass is 9.80.